The van der Waals surface area contributed by atoms with Crippen LogP contribution in [0, 0.1) is 0 Å². The Morgan fingerprint density at radius 3 is 2.38 bits per heavy atom. The molecule has 1 aromatic rings. The number of carbonyl (C=O) groups excluding carboxylic acids is 3. The first-order valence-electron chi connectivity index (χ1n) is 8.50. The largest absolute Gasteiger partial charge is 0.451 e. The predicted octanol–water partition coefficient (Wildman–Crippen LogP) is 1.34. The predicted molar refractivity (Wildman–Crippen MR) is 95.8 cm³/mol. The number of esters is 1. The molecule has 2 unspecified atom stereocenters. The number of benzene rings is 1. The summed E-state index contributed by atoms with van der Waals surface area (Å²) in [5, 5.41) is 2.45. The van der Waals surface area contributed by atoms with Crippen LogP contribution in [-0.4, -0.2) is 54.6 Å². The zero-order valence-electron chi connectivity index (χ0n) is 15.2. The van der Waals surface area contributed by atoms with Crippen LogP contribution < -0.4 is 5.32 Å². The van der Waals surface area contributed by atoms with Crippen molar-refractivity contribution in [3.05, 3.63) is 41.6 Å². The van der Waals surface area contributed by atoms with Gasteiger partial charge in [0.25, 0.3) is 5.91 Å². The molecule has 7 heteroatoms. The topological polar surface area (TPSA) is 84.9 Å². The fraction of sp³-hybridized carbons (Fsp3) is 0.421. The summed E-state index contributed by atoms with van der Waals surface area (Å²) in [5.74, 6) is -1.44. The van der Waals surface area contributed by atoms with Crippen LogP contribution in [0.5, 0.6) is 0 Å². The molecule has 0 aromatic heterocycles. The van der Waals surface area contributed by atoms with E-state index < -0.39 is 11.9 Å². The van der Waals surface area contributed by atoms with Crippen LogP contribution >= 0.6 is 0 Å². The molecule has 0 bridgehead atoms. The second-order valence-electron chi connectivity index (χ2n) is 6.28. The number of carbonyl (C=O) groups is 3. The van der Waals surface area contributed by atoms with Gasteiger partial charge in [-0.05, 0) is 25.5 Å². The molecule has 0 spiro atoms. The van der Waals surface area contributed by atoms with Crippen LogP contribution in [0.25, 0.3) is 6.08 Å². The lowest BCUT2D eigenvalue weighted by molar-refractivity contribution is -0.155. The summed E-state index contributed by atoms with van der Waals surface area (Å²) in [7, 11) is 0. The van der Waals surface area contributed by atoms with Crippen molar-refractivity contribution in [1.29, 1.82) is 0 Å². The Balaban J connectivity index is 1.99. The van der Waals surface area contributed by atoms with Crippen molar-refractivity contribution >= 4 is 23.9 Å². The Bertz CT molecular complexity index is 676. The first-order valence-corrected chi connectivity index (χ1v) is 8.50. The molecule has 140 valence electrons. The maximum Gasteiger partial charge on any atom is 0.355 e. The molecule has 2 atom stereocenters. The highest BCUT2D eigenvalue weighted by Gasteiger charge is 2.26. The lowest BCUT2D eigenvalue weighted by Crippen LogP contribution is -2.49. The summed E-state index contributed by atoms with van der Waals surface area (Å²) >= 11 is 0. The number of nitrogens with zero attached hydrogens (tertiary/aromatic N) is 1. The van der Waals surface area contributed by atoms with Crippen molar-refractivity contribution in [1.82, 2.24) is 10.2 Å². The fourth-order valence-corrected chi connectivity index (χ4v) is 2.73. The Morgan fingerprint density at radius 1 is 1.19 bits per heavy atom. The quantitative estimate of drug-likeness (QED) is 0.633. The van der Waals surface area contributed by atoms with Gasteiger partial charge in [0.15, 0.2) is 6.61 Å². The monoisotopic (exact) mass is 360 g/mol. The first kappa shape index (κ1) is 19.7. The van der Waals surface area contributed by atoms with Crippen LogP contribution in [0.15, 0.2) is 36.0 Å². The number of nitrogens with one attached hydrogen (secondary N) is 1. The normalized spacial score (nSPS) is 20.4. The summed E-state index contributed by atoms with van der Waals surface area (Å²) in [6.07, 6.45) is 1.38. The van der Waals surface area contributed by atoms with Crippen LogP contribution in [0.1, 0.15) is 26.3 Å². The minimum atomic E-state index is -0.758. The molecule has 26 heavy (non-hydrogen) atoms. The highest BCUT2D eigenvalue weighted by Crippen LogP contribution is 2.11. The fourth-order valence-electron chi connectivity index (χ4n) is 2.73. The first-order chi connectivity index (χ1) is 12.3. The van der Waals surface area contributed by atoms with Gasteiger partial charge < -0.3 is 19.7 Å². The number of hydrogen-bond acceptors (Lipinski definition) is 5. The molecule has 0 saturated carbocycles. The van der Waals surface area contributed by atoms with Gasteiger partial charge in [0.05, 0.1) is 12.2 Å². The van der Waals surface area contributed by atoms with E-state index in [1.165, 1.54) is 13.0 Å². The number of hydrogen-bond donors (Lipinski definition) is 1. The molecule has 7 nitrogen and oxygen atoms in total. The molecule has 1 N–H and O–H groups in total. The summed E-state index contributed by atoms with van der Waals surface area (Å²) in [4.78, 5) is 37.6. The average Bonchev–Trinajstić information content (AvgIpc) is 2.58. The maximum atomic E-state index is 12.3. The minimum absolute atomic E-state index is 0.0137. The van der Waals surface area contributed by atoms with Gasteiger partial charge in [-0.25, -0.2) is 4.79 Å². The van der Waals surface area contributed by atoms with E-state index in [9.17, 15) is 14.4 Å². The number of rotatable bonds is 5. The van der Waals surface area contributed by atoms with Gasteiger partial charge >= 0.3 is 5.97 Å². The van der Waals surface area contributed by atoms with Gasteiger partial charge in [-0.15, -0.1) is 0 Å². The number of amides is 2. The third kappa shape index (κ3) is 6.00. The Labute approximate surface area is 153 Å². The molecule has 2 amide bonds. The van der Waals surface area contributed by atoms with E-state index in [1.807, 2.05) is 32.0 Å². The number of morpholine rings is 1. The van der Waals surface area contributed by atoms with Crippen molar-refractivity contribution in [2.75, 3.05) is 19.7 Å². The molecular formula is C19H24N2O5. The van der Waals surface area contributed by atoms with E-state index in [1.54, 1.807) is 17.0 Å². The molecule has 1 saturated heterocycles. The SMILES string of the molecule is CC(=O)N/C(=C\c1ccccc1)C(=O)OCC(=O)N1CC(C)OC(C)C1. The van der Waals surface area contributed by atoms with Crippen molar-refractivity contribution in [3.63, 3.8) is 0 Å². The Kier molecular flexibility index (Phi) is 6.91. The maximum absolute atomic E-state index is 12.3. The van der Waals surface area contributed by atoms with E-state index in [0.717, 1.165) is 5.56 Å². The number of ether oxygens (including phenoxy) is 2. The van der Waals surface area contributed by atoms with Gasteiger partial charge in [0.2, 0.25) is 5.91 Å². The summed E-state index contributed by atoms with van der Waals surface area (Å²) in [6, 6.07) is 9.05. The standard InChI is InChI=1S/C19H24N2O5/c1-13-10-21(11-14(2)26-13)18(23)12-25-19(24)17(20-15(3)22)9-16-7-5-4-6-8-16/h4-9,13-14H,10-12H2,1-3H3,(H,20,22)/b17-9-. The smallest absolute Gasteiger partial charge is 0.355 e. The van der Waals surface area contributed by atoms with E-state index in [0.29, 0.717) is 13.1 Å². The van der Waals surface area contributed by atoms with Crippen LogP contribution in [-0.2, 0) is 23.9 Å². The third-order valence-corrected chi connectivity index (χ3v) is 3.74. The lowest BCUT2D eigenvalue weighted by atomic mass is 10.2. The molecule has 1 aliphatic rings. The van der Waals surface area contributed by atoms with Crippen molar-refractivity contribution in [2.45, 2.75) is 33.0 Å². The van der Waals surface area contributed by atoms with Crippen LogP contribution in [0.3, 0.4) is 0 Å². The molecular weight excluding hydrogens is 336 g/mol. The average molecular weight is 360 g/mol. The minimum Gasteiger partial charge on any atom is -0.451 e. The molecule has 1 aromatic carbocycles. The van der Waals surface area contributed by atoms with E-state index >= 15 is 0 Å². The van der Waals surface area contributed by atoms with Gasteiger partial charge in [0.1, 0.15) is 5.70 Å². The van der Waals surface area contributed by atoms with E-state index in [4.69, 9.17) is 9.47 Å². The highest BCUT2D eigenvalue weighted by atomic mass is 16.5. The lowest BCUT2D eigenvalue weighted by Gasteiger charge is -2.35. The van der Waals surface area contributed by atoms with E-state index in [-0.39, 0.29) is 30.4 Å². The highest BCUT2D eigenvalue weighted by molar-refractivity contribution is 5.98. The van der Waals surface area contributed by atoms with Crippen molar-refractivity contribution < 1.29 is 23.9 Å². The molecule has 1 heterocycles. The van der Waals surface area contributed by atoms with Crippen LogP contribution in [0.4, 0.5) is 0 Å². The summed E-state index contributed by atoms with van der Waals surface area (Å²) < 4.78 is 10.7. The molecule has 1 fully saturated rings. The van der Waals surface area contributed by atoms with Gasteiger partial charge in [0, 0.05) is 20.0 Å². The Morgan fingerprint density at radius 2 is 1.81 bits per heavy atom. The second-order valence-corrected chi connectivity index (χ2v) is 6.28. The molecule has 1 aliphatic heterocycles. The Hall–Kier alpha value is -2.67. The molecule has 0 radical (unpaired) electrons. The van der Waals surface area contributed by atoms with Gasteiger partial charge in [-0.1, -0.05) is 30.3 Å². The van der Waals surface area contributed by atoms with E-state index in [2.05, 4.69) is 5.32 Å². The summed E-state index contributed by atoms with van der Waals surface area (Å²) in [6.45, 7) is 5.61. The summed E-state index contributed by atoms with van der Waals surface area (Å²) in [5.41, 5.74) is 0.718. The third-order valence-electron chi connectivity index (χ3n) is 3.74. The van der Waals surface area contributed by atoms with Crippen LogP contribution in [0.2, 0.25) is 0 Å². The van der Waals surface area contributed by atoms with Gasteiger partial charge in [-0.3, -0.25) is 9.59 Å². The second kappa shape index (κ2) is 9.15. The zero-order chi connectivity index (χ0) is 19.1. The van der Waals surface area contributed by atoms with Gasteiger partial charge in [-0.2, -0.15) is 0 Å². The molecule has 2 rings (SSSR count). The molecule has 0 aliphatic carbocycles. The zero-order valence-corrected chi connectivity index (χ0v) is 15.2. The van der Waals surface area contributed by atoms with Crippen molar-refractivity contribution in [3.8, 4) is 0 Å². The van der Waals surface area contributed by atoms with Crippen molar-refractivity contribution in [2.24, 2.45) is 0 Å².